The Labute approximate surface area is 159 Å². The van der Waals surface area contributed by atoms with Crippen molar-refractivity contribution >= 4 is 0 Å². The minimum Gasteiger partial charge on any atom is -1.00 e. The first-order valence-electron chi connectivity index (χ1n) is 8.04. The summed E-state index contributed by atoms with van der Waals surface area (Å²) in [5, 5.41) is 18.9. The molecule has 2 atom stereocenters. The molecule has 22 heavy (non-hydrogen) atoms. The molecule has 0 saturated heterocycles. The maximum Gasteiger partial charge on any atom is 0.104 e. The molecule has 0 aromatic heterocycles. The van der Waals surface area contributed by atoms with Crippen molar-refractivity contribution in [3.05, 3.63) is 0 Å². The van der Waals surface area contributed by atoms with Gasteiger partial charge in [0.2, 0.25) is 0 Å². The molecule has 0 fully saturated rings. The molecule has 4 nitrogen and oxygen atoms in total. The standard InChI is InChI=1S/C16H38N2O2.2BrH/c1-15(19)13-17(3,4)11-9-7-8-10-12-18(5,6)14-16(2)20;;/h15-16,19-20H,7-14H2,1-6H3;2*1H/q+2;;/p-2. The van der Waals surface area contributed by atoms with Gasteiger partial charge in [-0.1, -0.05) is 0 Å². The molecule has 0 rings (SSSR count). The van der Waals surface area contributed by atoms with Crippen LogP contribution < -0.4 is 34.0 Å². The van der Waals surface area contributed by atoms with Crippen molar-refractivity contribution in [2.45, 2.75) is 51.7 Å². The smallest absolute Gasteiger partial charge is 0.104 e. The van der Waals surface area contributed by atoms with Gasteiger partial charge in [-0.3, -0.25) is 0 Å². The fourth-order valence-corrected chi connectivity index (χ4v) is 3.05. The number of likely N-dealkylation sites (N-methyl/N-ethyl adjacent to an activating group) is 2. The number of rotatable bonds is 11. The maximum atomic E-state index is 9.45. The van der Waals surface area contributed by atoms with Crippen molar-refractivity contribution in [3.8, 4) is 0 Å². The van der Waals surface area contributed by atoms with Gasteiger partial charge in [0.25, 0.3) is 0 Å². The molecule has 0 aromatic rings. The third-order valence-electron chi connectivity index (χ3n) is 3.79. The molecule has 0 aliphatic heterocycles. The second kappa shape index (κ2) is 13.1. The lowest BCUT2D eigenvalue weighted by molar-refractivity contribution is -0.894. The summed E-state index contributed by atoms with van der Waals surface area (Å²) in [7, 11) is 8.76. The van der Waals surface area contributed by atoms with E-state index >= 15 is 0 Å². The van der Waals surface area contributed by atoms with E-state index in [4.69, 9.17) is 0 Å². The SMILES string of the molecule is CC(O)C[N+](C)(C)CCCCCC[N+](C)(C)CC(C)O.[Br-].[Br-]. The highest BCUT2D eigenvalue weighted by molar-refractivity contribution is 4.48. The Morgan fingerprint density at radius 3 is 1.14 bits per heavy atom. The third kappa shape index (κ3) is 17.2. The molecule has 0 heterocycles. The summed E-state index contributed by atoms with van der Waals surface area (Å²) in [5.41, 5.74) is 0. The average Bonchev–Trinajstić information content (AvgIpc) is 2.19. The van der Waals surface area contributed by atoms with Gasteiger partial charge < -0.3 is 53.1 Å². The molecule has 138 valence electrons. The van der Waals surface area contributed by atoms with Gasteiger partial charge in [0.1, 0.15) is 25.3 Å². The van der Waals surface area contributed by atoms with Gasteiger partial charge in [0, 0.05) is 0 Å². The fourth-order valence-electron chi connectivity index (χ4n) is 3.05. The van der Waals surface area contributed by atoms with E-state index in [0.29, 0.717) is 0 Å². The van der Waals surface area contributed by atoms with Crippen molar-refractivity contribution in [2.75, 3.05) is 54.4 Å². The van der Waals surface area contributed by atoms with Crippen LogP contribution in [0.5, 0.6) is 0 Å². The monoisotopic (exact) mass is 448 g/mol. The third-order valence-corrected chi connectivity index (χ3v) is 3.79. The zero-order valence-corrected chi connectivity index (χ0v) is 18.5. The van der Waals surface area contributed by atoms with Crippen molar-refractivity contribution in [1.82, 2.24) is 0 Å². The lowest BCUT2D eigenvalue weighted by Crippen LogP contribution is -3.00. The Bertz CT molecular complexity index is 235. The Balaban J connectivity index is -0.00000180. The van der Waals surface area contributed by atoms with E-state index in [2.05, 4.69) is 28.2 Å². The summed E-state index contributed by atoms with van der Waals surface area (Å²) in [4.78, 5) is 0. The molecular weight excluding hydrogens is 412 g/mol. The van der Waals surface area contributed by atoms with Crippen molar-refractivity contribution in [1.29, 1.82) is 0 Å². The number of aliphatic hydroxyl groups is 2. The second-order valence-electron chi connectivity index (χ2n) is 7.80. The van der Waals surface area contributed by atoms with Gasteiger partial charge in [0.15, 0.2) is 0 Å². The average molecular weight is 450 g/mol. The maximum absolute atomic E-state index is 9.45. The molecule has 0 radical (unpaired) electrons. The number of hydrogen-bond acceptors (Lipinski definition) is 2. The van der Waals surface area contributed by atoms with E-state index < -0.39 is 0 Å². The number of aliphatic hydroxyl groups excluding tert-OH is 2. The molecule has 0 bridgehead atoms. The summed E-state index contributed by atoms with van der Waals surface area (Å²) >= 11 is 0. The van der Waals surface area contributed by atoms with Crippen LogP contribution in [0.3, 0.4) is 0 Å². The molecule has 6 heteroatoms. The van der Waals surface area contributed by atoms with Crippen molar-refractivity contribution in [2.24, 2.45) is 0 Å². The predicted octanol–water partition coefficient (Wildman–Crippen LogP) is -4.53. The van der Waals surface area contributed by atoms with E-state index in [0.717, 1.165) is 35.1 Å². The van der Waals surface area contributed by atoms with Crippen LogP contribution in [-0.4, -0.2) is 85.8 Å². The Morgan fingerprint density at radius 1 is 0.636 bits per heavy atom. The summed E-state index contributed by atoms with van der Waals surface area (Å²) in [5.74, 6) is 0. The molecule has 0 aromatic carbocycles. The summed E-state index contributed by atoms with van der Waals surface area (Å²) in [6.45, 7) is 7.66. The second-order valence-corrected chi connectivity index (χ2v) is 7.80. The number of nitrogens with zero attached hydrogens (tertiary/aromatic N) is 2. The first-order chi connectivity index (χ1) is 9.04. The van der Waals surface area contributed by atoms with Crippen LogP contribution in [0.1, 0.15) is 39.5 Å². The molecule has 0 aliphatic rings. The van der Waals surface area contributed by atoms with E-state index in [1.54, 1.807) is 0 Å². The van der Waals surface area contributed by atoms with E-state index in [1.165, 1.54) is 25.7 Å². The molecule has 2 N–H and O–H groups in total. The topological polar surface area (TPSA) is 40.5 Å². The Kier molecular flexibility index (Phi) is 16.5. The number of hydrogen-bond donors (Lipinski definition) is 2. The van der Waals surface area contributed by atoms with E-state index in [9.17, 15) is 10.2 Å². The molecular formula is C16H38Br2N2O2. The quantitative estimate of drug-likeness (QED) is 0.246. The molecule has 0 spiro atoms. The van der Waals surface area contributed by atoms with Crippen LogP contribution in [0, 0.1) is 0 Å². The zero-order chi connectivity index (χ0) is 15.8. The van der Waals surface area contributed by atoms with E-state index in [1.807, 2.05) is 13.8 Å². The Morgan fingerprint density at radius 2 is 0.909 bits per heavy atom. The van der Waals surface area contributed by atoms with E-state index in [-0.39, 0.29) is 46.2 Å². The first-order valence-corrected chi connectivity index (χ1v) is 8.04. The number of quaternary nitrogens is 2. The largest absolute Gasteiger partial charge is 1.00 e. The van der Waals surface area contributed by atoms with Gasteiger partial charge in [-0.2, -0.15) is 0 Å². The van der Waals surface area contributed by atoms with Gasteiger partial charge >= 0.3 is 0 Å². The number of unbranched alkanes of at least 4 members (excludes halogenated alkanes) is 3. The van der Waals surface area contributed by atoms with Crippen molar-refractivity contribution < 1.29 is 53.1 Å². The molecule has 0 aliphatic carbocycles. The summed E-state index contributed by atoms with van der Waals surface area (Å²) in [6, 6.07) is 0. The zero-order valence-electron chi connectivity index (χ0n) is 15.4. The summed E-state index contributed by atoms with van der Waals surface area (Å²) in [6.07, 6.45) is 4.53. The van der Waals surface area contributed by atoms with Crippen LogP contribution in [0.4, 0.5) is 0 Å². The highest BCUT2D eigenvalue weighted by atomic mass is 79.9. The van der Waals surface area contributed by atoms with Crippen molar-refractivity contribution in [3.63, 3.8) is 0 Å². The highest BCUT2D eigenvalue weighted by Gasteiger charge is 2.18. The van der Waals surface area contributed by atoms with Gasteiger partial charge in [0.05, 0.1) is 41.3 Å². The number of halogens is 2. The van der Waals surface area contributed by atoms with Crippen LogP contribution >= 0.6 is 0 Å². The Hall–Kier alpha value is 0.800. The van der Waals surface area contributed by atoms with Crippen LogP contribution in [-0.2, 0) is 0 Å². The van der Waals surface area contributed by atoms with Crippen LogP contribution in [0.2, 0.25) is 0 Å². The lowest BCUT2D eigenvalue weighted by atomic mass is 10.1. The normalized spacial score (nSPS) is 14.7. The van der Waals surface area contributed by atoms with Crippen LogP contribution in [0.15, 0.2) is 0 Å². The molecule has 2 unspecified atom stereocenters. The van der Waals surface area contributed by atoms with Gasteiger partial charge in [-0.05, 0) is 39.5 Å². The summed E-state index contributed by atoms with van der Waals surface area (Å²) < 4.78 is 1.81. The van der Waals surface area contributed by atoms with Gasteiger partial charge in [-0.15, -0.1) is 0 Å². The first kappa shape index (κ1) is 27.6. The predicted molar refractivity (Wildman–Crippen MR) is 85.5 cm³/mol. The highest BCUT2D eigenvalue weighted by Crippen LogP contribution is 2.09. The minimum absolute atomic E-state index is 0. The van der Waals surface area contributed by atoms with Gasteiger partial charge in [-0.25, -0.2) is 0 Å². The fraction of sp³-hybridized carbons (Fsp3) is 1.00. The lowest BCUT2D eigenvalue weighted by Gasteiger charge is -2.32. The molecule has 0 saturated carbocycles. The van der Waals surface area contributed by atoms with Crippen LogP contribution in [0.25, 0.3) is 0 Å². The minimum atomic E-state index is -0.219. The molecule has 0 amide bonds.